The largest absolute Gasteiger partial charge is 0.458 e. The number of hydrogen-bond acceptors (Lipinski definition) is 2. The Bertz CT molecular complexity index is 674. The van der Waals surface area contributed by atoms with Crippen molar-refractivity contribution in [2.45, 2.75) is 90.8 Å². The zero-order valence-electron chi connectivity index (χ0n) is 18.1. The molecule has 5 atom stereocenters. The van der Waals surface area contributed by atoms with Crippen LogP contribution in [0.1, 0.15) is 79.1 Å². The number of carbonyl (C=O) groups excluding carboxylic acids is 1. The van der Waals surface area contributed by atoms with E-state index in [1.54, 1.807) is 0 Å². The van der Waals surface area contributed by atoms with Crippen molar-refractivity contribution in [1.82, 2.24) is 0 Å². The summed E-state index contributed by atoms with van der Waals surface area (Å²) < 4.78 is 49.4. The molecule has 0 aromatic rings. The highest BCUT2D eigenvalue weighted by Crippen LogP contribution is 2.68. The highest BCUT2D eigenvalue weighted by Gasteiger charge is 2.74. The Morgan fingerprint density at radius 1 is 0.862 bits per heavy atom. The maximum Gasteiger partial charge on any atom is 0.405 e. The van der Waals surface area contributed by atoms with E-state index >= 15 is 0 Å². The number of ether oxygens (including phenoxy) is 1. The molecule has 0 saturated heterocycles. The molecule has 6 bridgehead atoms. The minimum absolute atomic E-state index is 0.0214. The van der Waals surface area contributed by atoms with E-state index in [4.69, 9.17) is 4.74 Å². The number of alkyl halides is 3. The van der Waals surface area contributed by atoms with Crippen molar-refractivity contribution in [2.75, 3.05) is 0 Å². The van der Waals surface area contributed by atoms with Gasteiger partial charge in [-0.2, -0.15) is 13.2 Å². The first kappa shape index (κ1) is 20.2. The summed E-state index contributed by atoms with van der Waals surface area (Å²) in [4.78, 5) is 13.4. The average Bonchev–Trinajstić information content (AvgIpc) is 3.11. The molecule has 0 N–H and O–H groups in total. The van der Waals surface area contributed by atoms with Crippen molar-refractivity contribution in [3.63, 3.8) is 0 Å². The lowest BCUT2D eigenvalue weighted by Crippen LogP contribution is -2.60. The molecule has 2 nitrogen and oxygen atoms in total. The van der Waals surface area contributed by atoms with Gasteiger partial charge < -0.3 is 4.74 Å². The van der Waals surface area contributed by atoms with Gasteiger partial charge in [0.25, 0.3) is 0 Å². The third-order valence-corrected chi connectivity index (χ3v) is 10.5. The van der Waals surface area contributed by atoms with Gasteiger partial charge in [0.15, 0.2) is 5.41 Å². The minimum atomic E-state index is -4.55. The maximum atomic E-state index is 14.5. The molecule has 6 aliphatic rings. The molecule has 6 saturated carbocycles. The summed E-state index contributed by atoms with van der Waals surface area (Å²) in [5.74, 6) is 0.522. The first-order chi connectivity index (χ1) is 13.4. The Hall–Kier alpha value is -0.740. The molecule has 6 aliphatic carbocycles. The van der Waals surface area contributed by atoms with Crippen molar-refractivity contribution >= 4 is 5.97 Å². The Labute approximate surface area is 172 Å². The predicted molar refractivity (Wildman–Crippen MR) is 104 cm³/mol. The molecule has 0 aromatic carbocycles. The first-order valence-corrected chi connectivity index (χ1v) is 11.7. The van der Waals surface area contributed by atoms with Crippen LogP contribution in [0.15, 0.2) is 0 Å². The molecule has 0 aromatic heterocycles. The van der Waals surface area contributed by atoms with Crippen molar-refractivity contribution in [2.24, 2.45) is 52.3 Å². The molecule has 6 rings (SSSR count). The molecule has 5 heteroatoms. The summed E-state index contributed by atoms with van der Waals surface area (Å²) in [6.07, 6.45) is 2.69. The Morgan fingerprint density at radius 2 is 1.38 bits per heavy atom. The second-order valence-electron chi connectivity index (χ2n) is 12.1. The Kier molecular flexibility index (Phi) is 4.13. The smallest absolute Gasteiger partial charge is 0.405 e. The summed E-state index contributed by atoms with van der Waals surface area (Å²) in [7, 11) is 0. The Morgan fingerprint density at radius 3 is 1.79 bits per heavy atom. The molecule has 6 fully saturated rings. The van der Waals surface area contributed by atoms with Crippen LogP contribution >= 0.6 is 0 Å². The fraction of sp³-hybridized carbons (Fsp3) is 0.958. The Balaban J connectivity index is 1.44. The standard InChI is InChI=1S/C24H35F3O2/c1-13-14(2)19-8-18(13)12-23(19,24(25,26)27)20(28)29-21(3,4)22-9-15-5-16(10-22)7-17(6-15)11-22/h13-19H,5-12H2,1-4H3. The van der Waals surface area contributed by atoms with Crippen molar-refractivity contribution < 1.29 is 22.7 Å². The van der Waals surface area contributed by atoms with Crippen LogP contribution in [-0.2, 0) is 9.53 Å². The summed E-state index contributed by atoms with van der Waals surface area (Å²) in [6.45, 7) is 7.75. The molecule has 0 aliphatic heterocycles. The van der Waals surface area contributed by atoms with Crippen molar-refractivity contribution in [1.29, 1.82) is 0 Å². The second-order valence-corrected chi connectivity index (χ2v) is 12.1. The molecule has 0 amide bonds. The highest BCUT2D eigenvalue weighted by atomic mass is 19.4. The number of esters is 1. The van der Waals surface area contributed by atoms with E-state index in [1.807, 2.05) is 27.7 Å². The van der Waals surface area contributed by atoms with Gasteiger partial charge in [0, 0.05) is 5.41 Å². The fourth-order valence-corrected chi connectivity index (χ4v) is 8.99. The van der Waals surface area contributed by atoms with E-state index in [-0.39, 0.29) is 29.6 Å². The van der Waals surface area contributed by atoms with Gasteiger partial charge in [-0.25, -0.2) is 0 Å². The van der Waals surface area contributed by atoms with Crippen LogP contribution in [0.25, 0.3) is 0 Å². The first-order valence-electron chi connectivity index (χ1n) is 11.7. The second kappa shape index (κ2) is 5.94. The van der Waals surface area contributed by atoms with E-state index in [0.29, 0.717) is 24.2 Å². The monoisotopic (exact) mass is 412 g/mol. The third-order valence-electron chi connectivity index (χ3n) is 10.5. The number of rotatable bonds is 3. The summed E-state index contributed by atoms with van der Waals surface area (Å²) in [5.41, 5.74) is -3.28. The van der Waals surface area contributed by atoms with Crippen LogP contribution in [0, 0.1) is 52.3 Å². The maximum absolute atomic E-state index is 14.5. The summed E-state index contributed by atoms with van der Waals surface area (Å²) in [5, 5.41) is 0. The van der Waals surface area contributed by atoms with E-state index in [1.165, 1.54) is 19.3 Å². The topological polar surface area (TPSA) is 26.3 Å². The van der Waals surface area contributed by atoms with Gasteiger partial charge in [-0.15, -0.1) is 0 Å². The van der Waals surface area contributed by atoms with Crippen LogP contribution in [0.3, 0.4) is 0 Å². The highest BCUT2D eigenvalue weighted by molar-refractivity contribution is 5.80. The molecule has 29 heavy (non-hydrogen) atoms. The number of fused-ring (bicyclic) bond motifs is 2. The van der Waals surface area contributed by atoms with Gasteiger partial charge in [0.05, 0.1) is 0 Å². The number of hydrogen-bond donors (Lipinski definition) is 0. The van der Waals surface area contributed by atoms with Gasteiger partial charge in [-0.3, -0.25) is 4.79 Å². The van der Waals surface area contributed by atoms with Crippen LogP contribution in [-0.4, -0.2) is 17.7 Å². The zero-order chi connectivity index (χ0) is 21.0. The molecule has 5 unspecified atom stereocenters. The third kappa shape index (κ3) is 2.57. The van der Waals surface area contributed by atoms with Gasteiger partial charge in [0.2, 0.25) is 0 Å². The van der Waals surface area contributed by atoms with Gasteiger partial charge in [0.1, 0.15) is 5.60 Å². The summed E-state index contributed by atoms with van der Waals surface area (Å²) in [6, 6.07) is 0. The molecule has 0 radical (unpaired) electrons. The van der Waals surface area contributed by atoms with Crippen LogP contribution in [0.4, 0.5) is 13.2 Å². The lowest BCUT2D eigenvalue weighted by Gasteiger charge is -2.62. The number of halogens is 3. The van der Waals surface area contributed by atoms with Crippen molar-refractivity contribution in [3.8, 4) is 0 Å². The van der Waals surface area contributed by atoms with Gasteiger partial charge >= 0.3 is 12.1 Å². The van der Waals surface area contributed by atoms with Gasteiger partial charge in [-0.05, 0) is 107 Å². The average molecular weight is 413 g/mol. The number of carbonyl (C=O) groups is 1. The molecular formula is C24H35F3O2. The normalized spacial score (nSPS) is 50.9. The minimum Gasteiger partial charge on any atom is -0.458 e. The SMILES string of the molecule is CC1C2CC(C1C)C(C(=O)OC(C)(C)C13CC4CC(CC(C4)C1)C3)(C(F)(F)F)C2. The zero-order valence-corrected chi connectivity index (χ0v) is 18.1. The lowest BCUT2D eigenvalue weighted by atomic mass is 9.46. The van der Waals surface area contributed by atoms with Crippen LogP contribution < -0.4 is 0 Å². The van der Waals surface area contributed by atoms with E-state index in [0.717, 1.165) is 19.3 Å². The van der Waals surface area contributed by atoms with E-state index in [9.17, 15) is 18.0 Å². The lowest BCUT2D eigenvalue weighted by molar-refractivity contribution is -0.268. The van der Waals surface area contributed by atoms with E-state index in [2.05, 4.69) is 0 Å². The van der Waals surface area contributed by atoms with Crippen LogP contribution in [0.5, 0.6) is 0 Å². The predicted octanol–water partition coefficient (Wildman–Crippen LogP) is 6.39. The van der Waals surface area contributed by atoms with Crippen molar-refractivity contribution in [3.05, 3.63) is 0 Å². The molecule has 164 valence electrons. The quantitative estimate of drug-likeness (QED) is 0.502. The fourth-order valence-electron chi connectivity index (χ4n) is 8.99. The molecule has 0 heterocycles. The van der Waals surface area contributed by atoms with Crippen LogP contribution in [0.2, 0.25) is 0 Å². The van der Waals surface area contributed by atoms with E-state index < -0.39 is 29.1 Å². The summed E-state index contributed by atoms with van der Waals surface area (Å²) >= 11 is 0. The van der Waals surface area contributed by atoms with Gasteiger partial charge in [-0.1, -0.05) is 13.8 Å². The molecular weight excluding hydrogens is 377 g/mol. The molecule has 0 spiro atoms.